The van der Waals surface area contributed by atoms with Gasteiger partial charge in [-0.3, -0.25) is 0 Å². The molecule has 0 amide bonds. The van der Waals surface area contributed by atoms with Crippen molar-refractivity contribution in [1.29, 1.82) is 0 Å². The van der Waals surface area contributed by atoms with E-state index in [2.05, 4.69) is 20.2 Å². The first-order valence-electron chi connectivity index (χ1n) is 6.28. The van der Waals surface area contributed by atoms with Crippen molar-refractivity contribution in [2.24, 2.45) is 0 Å². The molecule has 0 unspecified atom stereocenters. The number of piperazine rings is 1. The van der Waals surface area contributed by atoms with Gasteiger partial charge in [0.25, 0.3) is 5.92 Å². The minimum absolute atomic E-state index is 0. The van der Waals surface area contributed by atoms with Gasteiger partial charge in [0.15, 0.2) is 0 Å². The van der Waals surface area contributed by atoms with Crippen LogP contribution in [0.15, 0.2) is 6.33 Å². The summed E-state index contributed by atoms with van der Waals surface area (Å²) in [7, 11) is 0. The second kappa shape index (κ2) is 6.37. The van der Waals surface area contributed by atoms with Crippen LogP contribution in [-0.2, 0) is 5.92 Å². The molecule has 1 aliphatic carbocycles. The number of alkyl halides is 2. The van der Waals surface area contributed by atoms with Crippen LogP contribution in [0, 0.1) is 0 Å². The molecule has 0 aromatic carbocycles. The quantitative estimate of drug-likeness (QED) is 0.860. The normalized spacial score (nSPS) is 23.6. The van der Waals surface area contributed by atoms with Gasteiger partial charge in [-0.15, -0.1) is 24.8 Å². The molecule has 0 saturated carbocycles. The number of hydrogen-bond acceptors (Lipinski definition) is 4. The van der Waals surface area contributed by atoms with E-state index in [1.807, 2.05) is 6.92 Å². The lowest BCUT2D eigenvalue weighted by atomic mass is 10.1. The van der Waals surface area contributed by atoms with Crippen molar-refractivity contribution in [2.45, 2.75) is 25.2 Å². The summed E-state index contributed by atoms with van der Waals surface area (Å²) in [6, 6.07) is 0. The highest BCUT2D eigenvalue weighted by molar-refractivity contribution is 5.85. The maximum atomic E-state index is 13.8. The third-order valence-electron chi connectivity index (χ3n) is 3.68. The van der Waals surface area contributed by atoms with Gasteiger partial charge in [-0.05, 0) is 5.92 Å². The summed E-state index contributed by atoms with van der Waals surface area (Å²) < 4.78 is 27.6. The van der Waals surface area contributed by atoms with E-state index in [0.29, 0.717) is 11.4 Å². The van der Waals surface area contributed by atoms with Gasteiger partial charge >= 0.3 is 0 Å². The van der Waals surface area contributed by atoms with Crippen molar-refractivity contribution in [1.82, 2.24) is 15.3 Å². The fourth-order valence-electron chi connectivity index (χ4n) is 2.84. The van der Waals surface area contributed by atoms with E-state index in [1.54, 1.807) is 0 Å². The average Bonchev–Trinajstić information content (AvgIpc) is 2.61. The molecule has 1 aliphatic heterocycles. The van der Waals surface area contributed by atoms with Gasteiger partial charge in [0.05, 0.1) is 0 Å². The second-order valence-electron chi connectivity index (χ2n) is 5.01. The van der Waals surface area contributed by atoms with Gasteiger partial charge in [-0.25, -0.2) is 9.97 Å². The summed E-state index contributed by atoms with van der Waals surface area (Å²) in [4.78, 5) is 10.1. The van der Waals surface area contributed by atoms with Gasteiger partial charge in [-0.1, -0.05) is 6.92 Å². The number of aromatic nitrogens is 2. The van der Waals surface area contributed by atoms with Crippen LogP contribution >= 0.6 is 24.8 Å². The fraction of sp³-hybridized carbons (Fsp3) is 0.667. The van der Waals surface area contributed by atoms with E-state index in [-0.39, 0.29) is 42.8 Å². The monoisotopic (exact) mass is 326 g/mol. The predicted molar refractivity (Wildman–Crippen MR) is 78.5 cm³/mol. The van der Waals surface area contributed by atoms with Crippen molar-refractivity contribution in [3.8, 4) is 0 Å². The lowest BCUT2D eigenvalue weighted by Gasteiger charge is -2.30. The average molecular weight is 327 g/mol. The largest absolute Gasteiger partial charge is 0.354 e. The molecular weight excluding hydrogens is 309 g/mol. The van der Waals surface area contributed by atoms with E-state index in [4.69, 9.17) is 0 Å². The SMILES string of the molecule is C[C@@H]1CC(F)(F)c2ncnc(N3CCNCC3)c21.Cl.Cl. The van der Waals surface area contributed by atoms with Gasteiger partial charge in [0.1, 0.15) is 17.8 Å². The number of rotatable bonds is 1. The molecule has 0 radical (unpaired) electrons. The molecule has 114 valence electrons. The maximum absolute atomic E-state index is 13.8. The zero-order chi connectivity index (χ0) is 12.8. The van der Waals surface area contributed by atoms with Crippen LogP contribution in [0.4, 0.5) is 14.6 Å². The summed E-state index contributed by atoms with van der Waals surface area (Å²) >= 11 is 0. The predicted octanol–water partition coefficient (Wildman–Crippen LogP) is 2.33. The number of nitrogens with zero attached hydrogens (tertiary/aromatic N) is 3. The van der Waals surface area contributed by atoms with Crippen LogP contribution in [-0.4, -0.2) is 36.1 Å². The summed E-state index contributed by atoms with van der Waals surface area (Å²) in [5.74, 6) is -2.28. The van der Waals surface area contributed by atoms with Crippen LogP contribution in [0.5, 0.6) is 0 Å². The molecular formula is C12H18Cl2F2N4. The standard InChI is InChI=1S/C12H16F2N4.2ClH/c1-8-6-12(13,14)10-9(8)11(17-7-16-10)18-4-2-15-3-5-18;;/h7-8,15H,2-6H2,1H3;2*1H/t8-;;/m1../s1. The van der Waals surface area contributed by atoms with E-state index in [9.17, 15) is 8.78 Å². The zero-order valence-electron chi connectivity index (χ0n) is 11.1. The fourth-order valence-corrected chi connectivity index (χ4v) is 2.84. The Hall–Kier alpha value is -0.720. The Morgan fingerprint density at radius 1 is 1.25 bits per heavy atom. The van der Waals surface area contributed by atoms with Crippen molar-refractivity contribution in [2.75, 3.05) is 31.1 Å². The third kappa shape index (κ3) is 2.82. The summed E-state index contributed by atoms with van der Waals surface area (Å²) in [6.07, 6.45) is 1.11. The Labute approximate surface area is 129 Å². The van der Waals surface area contributed by atoms with Crippen molar-refractivity contribution in [3.63, 3.8) is 0 Å². The van der Waals surface area contributed by atoms with Gasteiger partial charge < -0.3 is 10.2 Å². The third-order valence-corrected chi connectivity index (χ3v) is 3.68. The smallest absolute Gasteiger partial charge is 0.290 e. The first-order chi connectivity index (χ1) is 8.59. The minimum Gasteiger partial charge on any atom is -0.354 e. The number of hydrogen-bond donors (Lipinski definition) is 1. The van der Waals surface area contributed by atoms with Crippen LogP contribution in [0.1, 0.15) is 30.5 Å². The molecule has 1 aromatic rings. The van der Waals surface area contributed by atoms with Crippen molar-refractivity contribution < 1.29 is 8.78 Å². The Bertz CT molecular complexity index is 467. The van der Waals surface area contributed by atoms with Gasteiger partial charge in [-0.2, -0.15) is 8.78 Å². The Kier molecular flexibility index (Phi) is 5.52. The molecule has 1 saturated heterocycles. The molecule has 3 rings (SSSR count). The van der Waals surface area contributed by atoms with Gasteiger partial charge in [0, 0.05) is 38.2 Å². The number of anilines is 1. The molecule has 4 nitrogen and oxygen atoms in total. The lowest BCUT2D eigenvalue weighted by molar-refractivity contribution is -0.00976. The van der Waals surface area contributed by atoms with E-state index in [0.717, 1.165) is 26.2 Å². The van der Waals surface area contributed by atoms with Gasteiger partial charge in [0.2, 0.25) is 0 Å². The highest BCUT2D eigenvalue weighted by Crippen LogP contribution is 2.49. The zero-order valence-corrected chi connectivity index (χ0v) is 12.7. The summed E-state index contributed by atoms with van der Waals surface area (Å²) in [5, 5.41) is 3.25. The van der Waals surface area contributed by atoms with E-state index < -0.39 is 5.92 Å². The molecule has 2 aliphatic rings. The molecule has 20 heavy (non-hydrogen) atoms. The molecule has 0 spiro atoms. The molecule has 0 bridgehead atoms. The number of nitrogens with one attached hydrogen (secondary N) is 1. The minimum atomic E-state index is -2.81. The molecule has 2 heterocycles. The Morgan fingerprint density at radius 2 is 1.90 bits per heavy atom. The van der Waals surface area contributed by atoms with Crippen molar-refractivity contribution in [3.05, 3.63) is 17.6 Å². The summed E-state index contributed by atoms with van der Waals surface area (Å²) in [5.41, 5.74) is 0.572. The molecule has 1 fully saturated rings. The van der Waals surface area contributed by atoms with Crippen LogP contribution in [0.3, 0.4) is 0 Å². The highest BCUT2D eigenvalue weighted by Gasteiger charge is 2.47. The highest BCUT2D eigenvalue weighted by atomic mass is 35.5. The maximum Gasteiger partial charge on any atom is 0.290 e. The number of halogens is 4. The van der Waals surface area contributed by atoms with E-state index >= 15 is 0 Å². The Morgan fingerprint density at radius 3 is 2.55 bits per heavy atom. The first kappa shape index (κ1) is 17.3. The van der Waals surface area contributed by atoms with Crippen LogP contribution in [0.2, 0.25) is 0 Å². The lowest BCUT2D eigenvalue weighted by Crippen LogP contribution is -2.44. The van der Waals surface area contributed by atoms with Crippen molar-refractivity contribution >= 4 is 30.6 Å². The number of fused-ring (bicyclic) bond motifs is 1. The van der Waals surface area contributed by atoms with E-state index in [1.165, 1.54) is 6.33 Å². The second-order valence-corrected chi connectivity index (χ2v) is 5.01. The van der Waals surface area contributed by atoms with Crippen LogP contribution in [0.25, 0.3) is 0 Å². The molecule has 8 heteroatoms. The topological polar surface area (TPSA) is 41.1 Å². The first-order valence-corrected chi connectivity index (χ1v) is 6.28. The Balaban J connectivity index is 0.000001000. The molecule has 1 aromatic heterocycles. The summed E-state index contributed by atoms with van der Waals surface area (Å²) in [6.45, 7) is 5.17. The molecule has 1 atom stereocenters. The molecule has 1 N–H and O–H groups in total. The van der Waals surface area contributed by atoms with Crippen LogP contribution < -0.4 is 10.2 Å².